The average Bonchev–Trinajstić information content (AvgIpc) is 3.54. The minimum atomic E-state index is -0.636. The van der Waals surface area contributed by atoms with Gasteiger partial charge in [-0.05, 0) is 78.7 Å². The van der Waals surface area contributed by atoms with Crippen LogP contribution in [-0.2, 0) is 9.59 Å². The average molecular weight is 563 g/mol. The number of halogens is 1. The van der Waals surface area contributed by atoms with Gasteiger partial charge in [0.05, 0.1) is 25.5 Å². The lowest BCUT2D eigenvalue weighted by Crippen LogP contribution is -2.25. The zero-order valence-electron chi connectivity index (χ0n) is 21.5. The Morgan fingerprint density at radius 2 is 1.85 bits per heavy atom. The number of hydrogen-bond acceptors (Lipinski definition) is 7. The second kappa shape index (κ2) is 11.9. The first-order chi connectivity index (χ1) is 18.9. The van der Waals surface area contributed by atoms with Gasteiger partial charge in [0, 0.05) is 23.6 Å². The highest BCUT2D eigenvalue weighted by atomic mass is 35.5. The minimum Gasteiger partial charge on any atom is -0.497 e. The molecule has 8 nitrogen and oxygen atoms in total. The molecule has 0 aliphatic carbocycles. The third kappa shape index (κ3) is 6.26. The first-order valence-corrected chi connectivity index (χ1v) is 13.8. The monoisotopic (exact) mass is 562 g/mol. The van der Waals surface area contributed by atoms with Crippen LogP contribution < -0.4 is 14.8 Å². The topological polar surface area (TPSA) is 92.6 Å². The standard InChI is InChI=1S/C29H27ClN4O4S/c1-3-38-23-13-9-21(10-14-23)31-27(35)17-26-28(36)32-29(39-26)34-25(19-5-4-6-20(30)15-19)16-24(33-34)18-7-11-22(37-2)12-8-18/h4-15,25-26H,3,16-17H2,1-2H3,(H,31,35)/t25-,26-/m1/s1. The lowest BCUT2D eigenvalue weighted by molar-refractivity contribution is -0.121. The number of amides is 2. The van der Waals surface area contributed by atoms with Gasteiger partial charge < -0.3 is 14.8 Å². The summed E-state index contributed by atoms with van der Waals surface area (Å²) in [5, 5.41) is 9.94. The van der Waals surface area contributed by atoms with Crippen LogP contribution in [0.2, 0.25) is 5.02 Å². The van der Waals surface area contributed by atoms with Gasteiger partial charge in [0.15, 0.2) is 5.17 Å². The van der Waals surface area contributed by atoms with Gasteiger partial charge in [-0.25, -0.2) is 5.01 Å². The number of carbonyl (C=O) groups is 2. The number of anilines is 1. The number of hydrogen-bond donors (Lipinski definition) is 1. The summed E-state index contributed by atoms with van der Waals surface area (Å²) in [5.74, 6) is 0.865. The number of ether oxygens (including phenoxy) is 2. The molecule has 0 spiro atoms. The quantitative estimate of drug-likeness (QED) is 0.366. The van der Waals surface area contributed by atoms with Crippen molar-refractivity contribution in [1.29, 1.82) is 0 Å². The van der Waals surface area contributed by atoms with E-state index in [1.165, 1.54) is 11.8 Å². The molecule has 0 saturated heterocycles. The van der Waals surface area contributed by atoms with E-state index in [0.717, 1.165) is 28.3 Å². The van der Waals surface area contributed by atoms with E-state index >= 15 is 0 Å². The van der Waals surface area contributed by atoms with Crippen molar-refractivity contribution in [1.82, 2.24) is 5.01 Å². The van der Waals surface area contributed by atoms with Crippen LogP contribution in [0.3, 0.4) is 0 Å². The number of aliphatic imine (C=N–C) groups is 1. The summed E-state index contributed by atoms with van der Waals surface area (Å²) in [6, 6.07) is 22.2. The molecule has 0 fully saturated rings. The smallest absolute Gasteiger partial charge is 0.262 e. The number of amidine groups is 1. The van der Waals surface area contributed by atoms with Gasteiger partial charge >= 0.3 is 0 Å². The van der Waals surface area contributed by atoms with Gasteiger partial charge in [-0.1, -0.05) is 35.5 Å². The molecule has 2 heterocycles. The van der Waals surface area contributed by atoms with E-state index in [4.69, 9.17) is 26.2 Å². The van der Waals surface area contributed by atoms with Crippen LogP contribution in [0.1, 0.15) is 36.9 Å². The van der Waals surface area contributed by atoms with E-state index < -0.39 is 5.25 Å². The highest BCUT2D eigenvalue weighted by molar-refractivity contribution is 8.15. The Kier molecular flexibility index (Phi) is 8.18. The molecule has 2 aliphatic rings. The molecule has 2 amide bonds. The summed E-state index contributed by atoms with van der Waals surface area (Å²) in [5.41, 5.74) is 3.40. The van der Waals surface area contributed by atoms with Crippen molar-refractivity contribution in [3.05, 3.63) is 88.9 Å². The third-order valence-electron chi connectivity index (χ3n) is 6.31. The maximum Gasteiger partial charge on any atom is 0.262 e. The Morgan fingerprint density at radius 3 is 2.54 bits per heavy atom. The fraction of sp³-hybridized carbons (Fsp3) is 0.241. The highest BCUT2D eigenvalue weighted by Gasteiger charge is 2.39. The van der Waals surface area contributed by atoms with E-state index in [0.29, 0.717) is 28.9 Å². The molecule has 5 rings (SSSR count). The molecular formula is C29H27ClN4O4S. The molecule has 10 heteroatoms. The number of benzene rings is 3. The zero-order valence-corrected chi connectivity index (χ0v) is 23.0. The molecule has 0 radical (unpaired) electrons. The Hall–Kier alpha value is -3.82. The lowest BCUT2D eigenvalue weighted by atomic mass is 9.98. The normalized spacial score (nSPS) is 18.5. The molecule has 1 N–H and O–H groups in total. The largest absolute Gasteiger partial charge is 0.497 e. The summed E-state index contributed by atoms with van der Waals surface area (Å²) >= 11 is 7.56. The van der Waals surface area contributed by atoms with Crippen molar-refractivity contribution in [2.75, 3.05) is 19.0 Å². The van der Waals surface area contributed by atoms with Gasteiger partial charge in [-0.3, -0.25) is 9.59 Å². The summed E-state index contributed by atoms with van der Waals surface area (Å²) < 4.78 is 10.7. The number of nitrogens with one attached hydrogen (secondary N) is 1. The van der Waals surface area contributed by atoms with Gasteiger partial charge in [-0.15, -0.1) is 0 Å². The SMILES string of the molecule is CCOc1ccc(NC(=O)C[C@H]2SC(N3N=C(c4ccc(OC)cc4)C[C@@H]3c3cccc(Cl)c3)=NC2=O)cc1. The Morgan fingerprint density at radius 1 is 1.10 bits per heavy atom. The number of methoxy groups -OCH3 is 1. The summed E-state index contributed by atoms with van der Waals surface area (Å²) in [7, 11) is 1.63. The fourth-order valence-electron chi connectivity index (χ4n) is 4.40. The van der Waals surface area contributed by atoms with Crippen molar-refractivity contribution < 1.29 is 19.1 Å². The first-order valence-electron chi connectivity index (χ1n) is 12.5. The molecule has 0 saturated carbocycles. The summed E-state index contributed by atoms with van der Waals surface area (Å²) in [6.45, 7) is 2.47. The van der Waals surface area contributed by atoms with Crippen molar-refractivity contribution >= 4 is 51.7 Å². The number of rotatable bonds is 8. The van der Waals surface area contributed by atoms with E-state index in [1.807, 2.05) is 55.5 Å². The van der Waals surface area contributed by atoms with Gasteiger partial charge in [0.2, 0.25) is 5.91 Å². The lowest BCUT2D eigenvalue weighted by Gasteiger charge is -2.23. The Labute approximate surface area is 236 Å². The fourth-order valence-corrected chi connectivity index (χ4v) is 5.66. The number of hydrazone groups is 1. The van der Waals surface area contributed by atoms with E-state index in [9.17, 15) is 9.59 Å². The zero-order chi connectivity index (χ0) is 27.4. The molecular weight excluding hydrogens is 536 g/mol. The van der Waals surface area contributed by atoms with Gasteiger partial charge in [0.25, 0.3) is 5.91 Å². The van der Waals surface area contributed by atoms with Crippen LogP contribution in [0.4, 0.5) is 5.69 Å². The first kappa shape index (κ1) is 26.8. The molecule has 39 heavy (non-hydrogen) atoms. The van der Waals surface area contributed by atoms with Crippen LogP contribution >= 0.6 is 23.4 Å². The van der Waals surface area contributed by atoms with E-state index in [-0.39, 0.29) is 24.3 Å². The number of nitrogens with zero attached hydrogens (tertiary/aromatic N) is 3. The van der Waals surface area contributed by atoms with Crippen LogP contribution in [0.15, 0.2) is 82.9 Å². The molecule has 3 aromatic carbocycles. The van der Waals surface area contributed by atoms with Crippen molar-refractivity contribution in [3.63, 3.8) is 0 Å². The minimum absolute atomic E-state index is 0.00552. The number of carbonyl (C=O) groups excluding carboxylic acids is 2. The van der Waals surface area contributed by atoms with Crippen molar-refractivity contribution in [2.45, 2.75) is 31.1 Å². The predicted molar refractivity (Wildman–Crippen MR) is 155 cm³/mol. The highest BCUT2D eigenvalue weighted by Crippen LogP contribution is 2.39. The molecule has 200 valence electrons. The van der Waals surface area contributed by atoms with Crippen LogP contribution in [-0.4, -0.2) is 46.7 Å². The van der Waals surface area contributed by atoms with E-state index in [1.54, 1.807) is 36.4 Å². The van der Waals surface area contributed by atoms with Crippen LogP contribution in [0, 0.1) is 0 Å². The molecule has 3 aromatic rings. The maximum atomic E-state index is 12.9. The maximum absolute atomic E-state index is 12.9. The molecule has 0 bridgehead atoms. The summed E-state index contributed by atoms with van der Waals surface area (Å²) in [6.07, 6.45) is 0.595. The van der Waals surface area contributed by atoms with Crippen LogP contribution in [0.25, 0.3) is 0 Å². The molecule has 2 atom stereocenters. The second-order valence-electron chi connectivity index (χ2n) is 8.94. The van der Waals surface area contributed by atoms with Crippen molar-refractivity contribution in [3.8, 4) is 11.5 Å². The molecule has 0 aromatic heterocycles. The second-order valence-corrected chi connectivity index (χ2v) is 10.5. The molecule has 0 unspecified atom stereocenters. The van der Waals surface area contributed by atoms with Crippen molar-refractivity contribution in [2.24, 2.45) is 10.1 Å². The summed E-state index contributed by atoms with van der Waals surface area (Å²) in [4.78, 5) is 29.9. The predicted octanol–water partition coefficient (Wildman–Crippen LogP) is 5.93. The van der Waals surface area contributed by atoms with Crippen LogP contribution in [0.5, 0.6) is 11.5 Å². The van der Waals surface area contributed by atoms with E-state index in [2.05, 4.69) is 10.3 Å². The van der Waals surface area contributed by atoms with Gasteiger partial charge in [0.1, 0.15) is 16.7 Å². The number of thioether (sulfide) groups is 1. The Balaban J connectivity index is 1.31. The Bertz CT molecular complexity index is 1430. The third-order valence-corrected chi connectivity index (χ3v) is 7.69. The van der Waals surface area contributed by atoms with Gasteiger partial charge in [-0.2, -0.15) is 10.1 Å². The molecule has 2 aliphatic heterocycles.